The van der Waals surface area contributed by atoms with Crippen LogP contribution in [0.1, 0.15) is 74.6 Å². The van der Waals surface area contributed by atoms with Gasteiger partial charge in [-0.3, -0.25) is 9.47 Å². The normalized spacial score (nSPS) is 22.3. The lowest BCUT2D eigenvalue weighted by Gasteiger charge is -2.44. The summed E-state index contributed by atoms with van der Waals surface area (Å²) in [4.78, 5) is 2.13. The Morgan fingerprint density at radius 2 is 1.45 bits per heavy atom. The number of nitriles is 1. The molecule has 0 spiro atoms. The molecule has 0 aliphatic carbocycles. The lowest BCUT2D eigenvalue weighted by atomic mass is 9.94. The standard InChI is InChI=1S/C29H33F8N3O3S/c1-25-16-39(11-5-3-4-6-12-44-13-7-10-27(30,31)29(35,36)37)17-26(2,43-25)22-21(25)23(41)40(24(22)42)19-9-8-18(15-38)20(14-19)28(32,33)34/h8-9,14,41-42H,3-7,10-13,16-17H2,1-2H3. The summed E-state index contributed by atoms with van der Waals surface area (Å²) >= 11 is 1.35. The Kier molecular flexibility index (Phi) is 9.51. The molecule has 2 bridgehead atoms. The zero-order valence-electron chi connectivity index (χ0n) is 24.1. The number of ether oxygens (including phenoxy) is 1. The molecule has 0 saturated carbocycles. The Morgan fingerprint density at radius 1 is 0.886 bits per heavy atom. The number of unbranched alkanes of at least 4 members (excludes halogenated alkanes) is 3. The first-order valence-corrected chi connectivity index (χ1v) is 15.2. The van der Waals surface area contributed by atoms with Gasteiger partial charge in [-0.2, -0.15) is 52.1 Å². The number of hydrogen-bond donors (Lipinski definition) is 2. The van der Waals surface area contributed by atoms with E-state index >= 15 is 0 Å². The molecule has 0 amide bonds. The number of benzene rings is 1. The second-order valence-electron chi connectivity index (χ2n) is 11.7. The maximum atomic E-state index is 13.6. The third-order valence-corrected chi connectivity index (χ3v) is 9.23. The maximum Gasteiger partial charge on any atom is 0.453 e. The smallest absolute Gasteiger partial charge is 0.453 e. The van der Waals surface area contributed by atoms with Crippen molar-refractivity contribution in [3.63, 3.8) is 0 Å². The summed E-state index contributed by atoms with van der Waals surface area (Å²) in [6, 6.07) is 4.44. The number of aromatic hydroxyl groups is 2. The SMILES string of the molecule is CC12CN(CCCCCCSCCCC(F)(F)C(F)(F)F)CC(C)(O1)c1c2c(O)n(-c2ccc(C#N)c(C(F)(F)F)c2)c1O. The van der Waals surface area contributed by atoms with Gasteiger partial charge in [0.1, 0.15) is 11.2 Å². The predicted molar refractivity (Wildman–Crippen MR) is 147 cm³/mol. The molecular formula is C29H33F8N3O3S. The summed E-state index contributed by atoms with van der Waals surface area (Å²) in [7, 11) is 0. The number of rotatable bonds is 12. The first-order valence-electron chi connectivity index (χ1n) is 14.1. The van der Waals surface area contributed by atoms with Crippen molar-refractivity contribution in [3.8, 4) is 23.5 Å². The summed E-state index contributed by atoms with van der Waals surface area (Å²) in [6.45, 7) is 4.87. The van der Waals surface area contributed by atoms with Gasteiger partial charge in [0.15, 0.2) is 0 Å². The van der Waals surface area contributed by atoms with Crippen molar-refractivity contribution in [2.75, 3.05) is 31.1 Å². The van der Waals surface area contributed by atoms with Crippen LogP contribution in [0.25, 0.3) is 5.69 Å². The third kappa shape index (κ3) is 6.62. The molecule has 1 saturated heterocycles. The molecule has 2 unspecified atom stereocenters. The summed E-state index contributed by atoms with van der Waals surface area (Å²) in [5.41, 5.74) is -3.45. The summed E-state index contributed by atoms with van der Waals surface area (Å²) in [5, 5.41) is 31.5. The van der Waals surface area contributed by atoms with Gasteiger partial charge < -0.3 is 14.9 Å². The molecule has 2 aliphatic rings. The molecule has 3 heterocycles. The number of hydrogen-bond acceptors (Lipinski definition) is 6. The van der Waals surface area contributed by atoms with Gasteiger partial charge in [-0.25, -0.2) is 0 Å². The van der Waals surface area contributed by atoms with Gasteiger partial charge >= 0.3 is 18.3 Å². The summed E-state index contributed by atoms with van der Waals surface area (Å²) in [5.74, 6) is -4.65. The van der Waals surface area contributed by atoms with Crippen molar-refractivity contribution in [1.82, 2.24) is 9.47 Å². The van der Waals surface area contributed by atoms with E-state index in [4.69, 9.17) is 10.00 Å². The molecule has 2 aliphatic heterocycles. The lowest BCUT2D eigenvalue weighted by molar-refractivity contribution is -0.284. The van der Waals surface area contributed by atoms with Crippen molar-refractivity contribution in [3.05, 3.63) is 40.5 Å². The van der Waals surface area contributed by atoms with Crippen LogP contribution in [0.2, 0.25) is 0 Å². The van der Waals surface area contributed by atoms with Crippen molar-refractivity contribution in [1.29, 1.82) is 5.26 Å². The highest BCUT2D eigenvalue weighted by molar-refractivity contribution is 7.99. The molecule has 4 rings (SSSR count). The van der Waals surface area contributed by atoms with Crippen molar-refractivity contribution < 1.29 is 50.1 Å². The van der Waals surface area contributed by atoms with Crippen LogP contribution in [0, 0.1) is 11.3 Å². The highest BCUT2D eigenvalue weighted by atomic mass is 32.2. The lowest BCUT2D eigenvalue weighted by Crippen LogP contribution is -2.51. The van der Waals surface area contributed by atoms with Crippen LogP contribution in [0.15, 0.2) is 18.2 Å². The van der Waals surface area contributed by atoms with Crippen LogP contribution in [0.5, 0.6) is 11.8 Å². The van der Waals surface area contributed by atoms with Crippen LogP contribution in [-0.2, 0) is 22.1 Å². The van der Waals surface area contributed by atoms with Crippen LogP contribution in [0.3, 0.4) is 0 Å². The van der Waals surface area contributed by atoms with E-state index in [1.165, 1.54) is 23.9 Å². The van der Waals surface area contributed by atoms with E-state index in [0.717, 1.165) is 36.3 Å². The van der Waals surface area contributed by atoms with E-state index in [-0.39, 0.29) is 17.9 Å². The Morgan fingerprint density at radius 3 is 2.00 bits per heavy atom. The van der Waals surface area contributed by atoms with Gasteiger partial charge in [0.05, 0.1) is 34.0 Å². The Bertz CT molecular complexity index is 1360. The highest BCUT2D eigenvalue weighted by Crippen LogP contribution is 2.59. The average molecular weight is 656 g/mol. The zero-order chi connectivity index (χ0) is 32.7. The van der Waals surface area contributed by atoms with E-state index in [9.17, 15) is 45.3 Å². The molecular weight excluding hydrogens is 622 g/mol. The summed E-state index contributed by atoms with van der Waals surface area (Å²) in [6.07, 6.45) is -8.46. The number of aromatic nitrogens is 1. The van der Waals surface area contributed by atoms with Gasteiger partial charge in [0.25, 0.3) is 0 Å². The minimum absolute atomic E-state index is 0.153. The van der Waals surface area contributed by atoms with E-state index in [1.54, 1.807) is 13.8 Å². The molecule has 2 atom stereocenters. The minimum Gasteiger partial charge on any atom is -0.494 e. The van der Waals surface area contributed by atoms with Gasteiger partial charge in [0.2, 0.25) is 11.8 Å². The first-order chi connectivity index (χ1) is 20.3. The van der Waals surface area contributed by atoms with Crippen LogP contribution < -0.4 is 0 Å². The van der Waals surface area contributed by atoms with Crippen molar-refractivity contribution >= 4 is 11.8 Å². The van der Waals surface area contributed by atoms with Crippen LogP contribution in [-0.4, -0.2) is 62.9 Å². The highest BCUT2D eigenvalue weighted by Gasteiger charge is 2.59. The predicted octanol–water partition coefficient (Wildman–Crippen LogP) is 7.83. The first kappa shape index (κ1) is 34.2. The zero-order valence-corrected chi connectivity index (χ0v) is 24.9. The van der Waals surface area contributed by atoms with Gasteiger partial charge in [-0.1, -0.05) is 12.8 Å². The Labute approximate surface area is 253 Å². The van der Waals surface area contributed by atoms with Gasteiger partial charge in [-0.15, -0.1) is 0 Å². The Hall–Kier alpha value is -2.70. The maximum absolute atomic E-state index is 13.6. The van der Waals surface area contributed by atoms with E-state index in [1.807, 2.05) is 0 Å². The number of halogens is 8. The molecule has 15 heteroatoms. The van der Waals surface area contributed by atoms with E-state index in [0.29, 0.717) is 42.6 Å². The molecule has 2 aromatic rings. The van der Waals surface area contributed by atoms with E-state index < -0.39 is 58.8 Å². The van der Waals surface area contributed by atoms with Crippen molar-refractivity contribution in [2.24, 2.45) is 0 Å². The molecule has 1 aromatic carbocycles. The largest absolute Gasteiger partial charge is 0.494 e. The second-order valence-corrected chi connectivity index (χ2v) is 12.9. The second kappa shape index (κ2) is 12.2. The number of fused-ring (bicyclic) bond motifs is 5. The molecule has 6 nitrogen and oxygen atoms in total. The quantitative estimate of drug-likeness (QED) is 0.179. The fraction of sp³-hybridized carbons (Fsp3) is 0.621. The molecule has 1 fully saturated rings. The minimum atomic E-state index is -5.52. The number of nitrogens with zero attached hydrogens (tertiary/aromatic N) is 3. The number of alkyl halides is 8. The molecule has 1 aromatic heterocycles. The fourth-order valence-electron chi connectivity index (χ4n) is 6.22. The monoisotopic (exact) mass is 655 g/mol. The molecule has 2 N–H and O–H groups in total. The van der Waals surface area contributed by atoms with Gasteiger partial charge in [0, 0.05) is 19.5 Å². The van der Waals surface area contributed by atoms with Crippen LogP contribution >= 0.6 is 11.8 Å². The molecule has 244 valence electrons. The number of thioether (sulfide) groups is 1. The average Bonchev–Trinajstić information content (AvgIpc) is 3.28. The number of morpholine rings is 1. The van der Waals surface area contributed by atoms with Crippen LogP contribution in [0.4, 0.5) is 35.1 Å². The van der Waals surface area contributed by atoms with Crippen molar-refractivity contribution in [2.45, 2.75) is 81.8 Å². The topological polar surface area (TPSA) is 81.7 Å². The molecule has 44 heavy (non-hydrogen) atoms. The van der Waals surface area contributed by atoms with E-state index in [2.05, 4.69) is 4.90 Å². The fourth-order valence-corrected chi connectivity index (χ4v) is 7.18. The summed E-state index contributed by atoms with van der Waals surface area (Å²) < 4.78 is 111. The van der Waals surface area contributed by atoms with Gasteiger partial charge in [-0.05, 0) is 69.4 Å². The Balaban J connectivity index is 1.32. The third-order valence-electron chi connectivity index (χ3n) is 8.07. The molecule has 0 radical (unpaired) electrons.